The summed E-state index contributed by atoms with van der Waals surface area (Å²) >= 11 is 6.06. The zero-order valence-electron chi connectivity index (χ0n) is 15.1. The van der Waals surface area contributed by atoms with Crippen LogP contribution in [0.4, 0.5) is 0 Å². The monoisotopic (exact) mass is 379 g/mol. The first-order valence-corrected chi connectivity index (χ1v) is 10.0. The molecule has 4 nitrogen and oxygen atoms in total. The SMILES string of the molecule is O=C(N1CC(c2nc3ccccc3[nH]2)C1)C1(c2ccc(Cl)cc2)CCCC1. The predicted molar refractivity (Wildman–Crippen MR) is 107 cm³/mol. The van der Waals surface area contributed by atoms with Crippen LogP contribution in [-0.2, 0) is 10.2 Å². The maximum atomic E-state index is 13.4. The minimum absolute atomic E-state index is 0.273. The van der Waals surface area contributed by atoms with Gasteiger partial charge in [-0.25, -0.2) is 4.98 Å². The van der Waals surface area contributed by atoms with Crippen LogP contribution in [0.15, 0.2) is 48.5 Å². The van der Waals surface area contributed by atoms with E-state index in [2.05, 4.69) is 4.98 Å². The van der Waals surface area contributed by atoms with E-state index in [0.717, 1.165) is 61.2 Å². The quantitative estimate of drug-likeness (QED) is 0.719. The first-order chi connectivity index (χ1) is 13.2. The van der Waals surface area contributed by atoms with Crippen molar-refractivity contribution in [2.75, 3.05) is 13.1 Å². The Morgan fingerprint density at radius 2 is 1.78 bits per heavy atom. The largest absolute Gasteiger partial charge is 0.342 e. The molecule has 5 rings (SSSR count). The van der Waals surface area contributed by atoms with Gasteiger partial charge in [0.05, 0.1) is 22.4 Å². The zero-order valence-corrected chi connectivity index (χ0v) is 15.9. The van der Waals surface area contributed by atoms with E-state index in [-0.39, 0.29) is 11.3 Å². The Morgan fingerprint density at radius 3 is 2.48 bits per heavy atom. The molecule has 1 amide bonds. The van der Waals surface area contributed by atoms with E-state index in [1.165, 1.54) is 0 Å². The van der Waals surface area contributed by atoms with Crippen LogP contribution in [0.1, 0.15) is 43.0 Å². The minimum atomic E-state index is -0.372. The molecule has 2 aliphatic rings. The number of imidazole rings is 1. The van der Waals surface area contributed by atoms with E-state index >= 15 is 0 Å². The summed E-state index contributed by atoms with van der Waals surface area (Å²) in [5.74, 6) is 1.56. The Balaban J connectivity index is 1.35. The van der Waals surface area contributed by atoms with E-state index < -0.39 is 0 Å². The van der Waals surface area contributed by atoms with Crippen molar-refractivity contribution < 1.29 is 4.79 Å². The summed E-state index contributed by atoms with van der Waals surface area (Å²) in [5.41, 5.74) is 2.79. The second-order valence-corrected chi connectivity index (χ2v) is 8.28. The summed E-state index contributed by atoms with van der Waals surface area (Å²) in [6, 6.07) is 15.9. The molecule has 1 aromatic heterocycles. The summed E-state index contributed by atoms with van der Waals surface area (Å²) < 4.78 is 0. The van der Waals surface area contributed by atoms with Crippen molar-refractivity contribution in [3.63, 3.8) is 0 Å². The number of benzene rings is 2. The average molecular weight is 380 g/mol. The highest BCUT2D eigenvalue weighted by molar-refractivity contribution is 6.30. The van der Waals surface area contributed by atoms with Crippen LogP contribution >= 0.6 is 11.6 Å². The number of hydrogen-bond acceptors (Lipinski definition) is 2. The van der Waals surface area contributed by atoms with Gasteiger partial charge in [-0.2, -0.15) is 0 Å². The molecular formula is C22H22ClN3O. The number of nitrogens with one attached hydrogen (secondary N) is 1. The lowest BCUT2D eigenvalue weighted by Gasteiger charge is -2.43. The van der Waals surface area contributed by atoms with Gasteiger partial charge < -0.3 is 9.88 Å². The highest BCUT2D eigenvalue weighted by Gasteiger charge is 2.48. The summed E-state index contributed by atoms with van der Waals surface area (Å²) in [6.07, 6.45) is 4.07. The van der Waals surface area contributed by atoms with Crippen molar-refractivity contribution in [1.82, 2.24) is 14.9 Å². The third kappa shape index (κ3) is 2.74. The van der Waals surface area contributed by atoms with Crippen LogP contribution in [-0.4, -0.2) is 33.9 Å². The number of carbonyl (C=O) groups excluding carboxylic acids is 1. The maximum Gasteiger partial charge on any atom is 0.233 e. The van der Waals surface area contributed by atoms with Crippen LogP contribution < -0.4 is 0 Å². The van der Waals surface area contributed by atoms with E-state index in [1.54, 1.807) is 0 Å². The lowest BCUT2D eigenvalue weighted by molar-refractivity contribution is -0.142. The molecule has 3 aromatic rings. The van der Waals surface area contributed by atoms with Crippen LogP contribution in [0.25, 0.3) is 11.0 Å². The van der Waals surface area contributed by atoms with E-state index in [0.29, 0.717) is 10.9 Å². The highest BCUT2D eigenvalue weighted by atomic mass is 35.5. The van der Waals surface area contributed by atoms with Gasteiger partial charge in [0.15, 0.2) is 0 Å². The second-order valence-electron chi connectivity index (χ2n) is 7.84. The van der Waals surface area contributed by atoms with Gasteiger partial charge in [-0.3, -0.25) is 4.79 Å². The van der Waals surface area contributed by atoms with E-state index in [1.807, 2.05) is 53.4 Å². The molecule has 1 N–H and O–H groups in total. The van der Waals surface area contributed by atoms with Crippen molar-refractivity contribution in [3.05, 3.63) is 64.9 Å². The molecular weight excluding hydrogens is 358 g/mol. The van der Waals surface area contributed by atoms with Crippen molar-refractivity contribution in [2.24, 2.45) is 0 Å². The Bertz CT molecular complexity index is 949. The number of fused-ring (bicyclic) bond motifs is 1. The van der Waals surface area contributed by atoms with Gasteiger partial charge in [0.2, 0.25) is 5.91 Å². The van der Waals surface area contributed by atoms with E-state index in [4.69, 9.17) is 16.6 Å². The van der Waals surface area contributed by atoms with Gasteiger partial charge in [-0.1, -0.05) is 48.7 Å². The number of H-pyrrole nitrogens is 1. The number of amides is 1. The molecule has 1 aliphatic carbocycles. The standard InChI is InChI=1S/C22H22ClN3O/c23-17-9-7-16(8-10-17)22(11-3-4-12-22)21(27)26-13-15(14-26)20-24-18-5-1-2-6-19(18)25-20/h1-2,5-10,15H,3-4,11-14H2,(H,24,25). The summed E-state index contributed by atoms with van der Waals surface area (Å²) in [7, 11) is 0. The lowest BCUT2D eigenvalue weighted by Crippen LogP contribution is -2.55. The highest BCUT2D eigenvalue weighted by Crippen LogP contribution is 2.44. The first kappa shape index (κ1) is 16.8. The van der Waals surface area contributed by atoms with Crippen LogP contribution in [0.2, 0.25) is 5.02 Å². The minimum Gasteiger partial charge on any atom is -0.342 e. The molecule has 0 bridgehead atoms. The van der Waals surface area contributed by atoms with Gasteiger partial charge in [-0.05, 0) is 42.7 Å². The predicted octanol–water partition coefficient (Wildman–Crippen LogP) is 4.65. The summed E-state index contributed by atoms with van der Waals surface area (Å²) in [4.78, 5) is 23.6. The number of nitrogens with zero attached hydrogens (tertiary/aromatic N) is 2. The number of para-hydroxylation sites is 2. The fourth-order valence-corrected chi connectivity index (χ4v) is 4.79. The smallest absolute Gasteiger partial charge is 0.233 e. The van der Waals surface area contributed by atoms with Gasteiger partial charge in [0.1, 0.15) is 5.82 Å². The average Bonchev–Trinajstić information content (AvgIpc) is 3.28. The fourth-order valence-electron chi connectivity index (χ4n) is 4.66. The van der Waals surface area contributed by atoms with Crippen molar-refractivity contribution in [1.29, 1.82) is 0 Å². The normalized spacial score (nSPS) is 19.4. The zero-order chi connectivity index (χ0) is 18.4. The molecule has 0 radical (unpaired) electrons. The molecule has 0 spiro atoms. The number of halogens is 1. The number of aromatic amines is 1. The first-order valence-electron chi connectivity index (χ1n) is 9.66. The molecule has 2 aromatic carbocycles. The third-order valence-corrected chi connectivity index (χ3v) is 6.48. The Labute approximate surface area is 163 Å². The van der Waals surface area contributed by atoms with Crippen molar-refractivity contribution in [3.8, 4) is 0 Å². The Kier molecular flexibility index (Phi) is 3.97. The summed E-state index contributed by atoms with van der Waals surface area (Å²) in [5, 5.41) is 0.716. The molecule has 1 saturated carbocycles. The number of rotatable bonds is 3. The number of aromatic nitrogens is 2. The van der Waals surface area contributed by atoms with Crippen LogP contribution in [0.3, 0.4) is 0 Å². The number of hydrogen-bond donors (Lipinski definition) is 1. The van der Waals surface area contributed by atoms with Crippen LogP contribution in [0, 0.1) is 0 Å². The van der Waals surface area contributed by atoms with Gasteiger partial charge >= 0.3 is 0 Å². The van der Waals surface area contributed by atoms with E-state index in [9.17, 15) is 4.79 Å². The maximum absolute atomic E-state index is 13.4. The molecule has 5 heteroatoms. The third-order valence-electron chi connectivity index (χ3n) is 6.23. The molecule has 2 fully saturated rings. The van der Waals surface area contributed by atoms with Gasteiger partial charge in [-0.15, -0.1) is 0 Å². The molecule has 0 atom stereocenters. The van der Waals surface area contributed by atoms with Crippen LogP contribution in [0.5, 0.6) is 0 Å². The Morgan fingerprint density at radius 1 is 1.07 bits per heavy atom. The van der Waals surface area contributed by atoms with Crippen molar-refractivity contribution >= 4 is 28.5 Å². The van der Waals surface area contributed by atoms with Crippen molar-refractivity contribution in [2.45, 2.75) is 37.0 Å². The molecule has 1 aliphatic heterocycles. The molecule has 138 valence electrons. The Hall–Kier alpha value is -2.33. The molecule has 27 heavy (non-hydrogen) atoms. The molecule has 2 heterocycles. The molecule has 1 saturated heterocycles. The van der Waals surface area contributed by atoms with Gasteiger partial charge in [0, 0.05) is 18.1 Å². The fraction of sp³-hybridized carbons (Fsp3) is 0.364. The summed E-state index contributed by atoms with van der Waals surface area (Å²) in [6.45, 7) is 1.49. The molecule has 0 unspecified atom stereocenters. The number of carbonyl (C=O) groups is 1. The number of likely N-dealkylation sites (tertiary alicyclic amines) is 1. The van der Waals surface area contributed by atoms with Gasteiger partial charge in [0.25, 0.3) is 0 Å². The lowest BCUT2D eigenvalue weighted by atomic mass is 9.76. The topological polar surface area (TPSA) is 49.0 Å². The second kappa shape index (κ2) is 6.38.